The summed E-state index contributed by atoms with van der Waals surface area (Å²) in [5, 5.41) is 3.95. The highest BCUT2D eigenvalue weighted by molar-refractivity contribution is 7.02. The summed E-state index contributed by atoms with van der Waals surface area (Å²) in [6.07, 6.45) is 0. The number of nitrogens with zero attached hydrogens (tertiary/aromatic N) is 4. The van der Waals surface area contributed by atoms with Gasteiger partial charge >= 0.3 is 0 Å². The Morgan fingerprint density at radius 2 is 0.773 bits per heavy atom. The number of anilines is 12. The molecule has 0 unspecified atom stereocenters. The summed E-state index contributed by atoms with van der Waals surface area (Å²) in [7, 11) is 0. The topological polar surface area (TPSA) is 57.7 Å². The van der Waals surface area contributed by atoms with Crippen molar-refractivity contribution < 1.29 is 18.3 Å². The minimum absolute atomic E-state index is 0.226. The van der Waals surface area contributed by atoms with E-state index in [1.807, 2.05) is 12.1 Å². The third-order valence-electron chi connectivity index (χ3n) is 18.3. The van der Waals surface area contributed by atoms with Crippen molar-refractivity contribution in [3.8, 4) is 23.0 Å². The minimum atomic E-state index is -0.257. The molecule has 4 aliphatic rings. The normalized spacial score (nSPS) is 13.1. The third-order valence-corrected chi connectivity index (χ3v) is 18.3. The molecular formula is C78H48B2N4O4. The minimum Gasteiger partial charge on any atom is -0.458 e. The standard InChI is InChI=1S/C78H48B2N4O4/c1-7-23-49(24-8-1)81(50-25-9-2-10-26-50)55-39-41-57-59-45-67-73-75(76(59)87-69(57)43-55)84(54-33-17-6-18-34-54)65-37-21-19-35-61(65)79(73)63-47-64-71(48-66(63)83(67)53-31-15-5-16-32-53)85-72-46-60-58-42-40-56(82(51-27-11-3-12-28-51)52-29-13-4-14-30-52)44-70(58)88-77(60)78-74(72)80(64)62-36-20-22-38-68(62)86-78/h1-48H. The van der Waals surface area contributed by atoms with Crippen LogP contribution >= 0.6 is 0 Å². The molecule has 4 aliphatic heterocycles. The molecule has 410 valence electrons. The van der Waals surface area contributed by atoms with Gasteiger partial charge in [-0.1, -0.05) is 152 Å². The first-order chi connectivity index (χ1) is 43.7. The van der Waals surface area contributed by atoms with Crippen molar-refractivity contribution in [2.45, 2.75) is 0 Å². The number of furan rings is 2. The van der Waals surface area contributed by atoms with E-state index in [2.05, 4.69) is 299 Å². The predicted octanol–water partition coefficient (Wildman–Crippen LogP) is 17.2. The highest BCUT2D eigenvalue weighted by Gasteiger charge is 2.48. The molecule has 6 heterocycles. The molecule has 0 saturated carbocycles. The smallest absolute Gasteiger partial charge is 0.260 e. The number of para-hydroxylation sites is 8. The van der Waals surface area contributed by atoms with Gasteiger partial charge < -0.3 is 37.9 Å². The van der Waals surface area contributed by atoms with Crippen molar-refractivity contribution in [2.24, 2.45) is 0 Å². The molecule has 0 spiro atoms. The molecule has 10 heteroatoms. The van der Waals surface area contributed by atoms with Crippen LogP contribution in [0.15, 0.2) is 300 Å². The zero-order chi connectivity index (χ0) is 57.6. The van der Waals surface area contributed by atoms with Gasteiger partial charge in [0.25, 0.3) is 13.4 Å². The number of rotatable bonds is 8. The lowest BCUT2D eigenvalue weighted by atomic mass is 9.31. The van der Waals surface area contributed by atoms with Gasteiger partial charge in [-0.15, -0.1) is 0 Å². The summed E-state index contributed by atoms with van der Waals surface area (Å²) in [5.74, 6) is 2.99. The van der Waals surface area contributed by atoms with Crippen molar-refractivity contribution >= 4 is 158 Å². The van der Waals surface area contributed by atoms with E-state index in [-0.39, 0.29) is 13.4 Å². The lowest BCUT2D eigenvalue weighted by Gasteiger charge is -2.44. The van der Waals surface area contributed by atoms with Crippen LogP contribution in [0.1, 0.15) is 0 Å². The van der Waals surface area contributed by atoms with E-state index >= 15 is 0 Å². The molecule has 0 saturated heterocycles. The molecule has 13 aromatic carbocycles. The Balaban J connectivity index is 0.844. The maximum atomic E-state index is 7.49. The van der Waals surface area contributed by atoms with Gasteiger partial charge in [-0.05, 0) is 149 Å². The largest absolute Gasteiger partial charge is 0.458 e. The van der Waals surface area contributed by atoms with Gasteiger partial charge in [0, 0.05) is 108 Å². The summed E-state index contributed by atoms with van der Waals surface area (Å²) in [6.45, 7) is -0.483. The molecule has 8 nitrogen and oxygen atoms in total. The van der Waals surface area contributed by atoms with E-state index in [1.165, 1.54) is 5.46 Å². The van der Waals surface area contributed by atoms with E-state index in [1.54, 1.807) is 0 Å². The van der Waals surface area contributed by atoms with Gasteiger partial charge in [-0.3, -0.25) is 0 Å². The molecule has 0 atom stereocenters. The highest BCUT2D eigenvalue weighted by atomic mass is 16.5. The zero-order valence-corrected chi connectivity index (χ0v) is 47.3. The van der Waals surface area contributed by atoms with E-state index < -0.39 is 0 Å². The Morgan fingerprint density at radius 1 is 0.284 bits per heavy atom. The molecular weight excluding hydrogens is 1080 g/mol. The molecule has 88 heavy (non-hydrogen) atoms. The molecule has 19 rings (SSSR count). The van der Waals surface area contributed by atoms with E-state index in [0.29, 0.717) is 11.3 Å². The fraction of sp³-hybridized carbons (Fsp3) is 0. The van der Waals surface area contributed by atoms with Gasteiger partial charge in [-0.25, -0.2) is 0 Å². The Hall–Kier alpha value is -11.6. The fourth-order valence-corrected chi connectivity index (χ4v) is 14.6. The van der Waals surface area contributed by atoms with Crippen molar-refractivity contribution in [2.75, 3.05) is 19.6 Å². The Labute approximate surface area is 507 Å². The molecule has 0 radical (unpaired) electrons. The first-order valence-electron chi connectivity index (χ1n) is 30.0. The molecule has 0 bridgehead atoms. The summed E-state index contributed by atoms with van der Waals surface area (Å²) in [5.41, 5.74) is 22.1. The Kier molecular flexibility index (Phi) is 10.5. The SMILES string of the molecule is c1ccc(N(c2ccccc2)c2ccc3c(c2)oc2c4c5c(cc23)Oc2cc3c(cc2B5c2ccccc2O4)B2c4ccccc4N(c4ccccc4)c4c2c(cc2c4oc4cc(N(c5ccccc5)c5ccccc5)ccc42)N3c2ccccc2)cc1. The fourth-order valence-electron chi connectivity index (χ4n) is 14.6. The van der Waals surface area contributed by atoms with Crippen LogP contribution in [0.5, 0.6) is 23.0 Å². The van der Waals surface area contributed by atoms with Crippen molar-refractivity contribution in [1.82, 2.24) is 0 Å². The van der Waals surface area contributed by atoms with Crippen LogP contribution in [0.4, 0.5) is 68.2 Å². The second kappa shape index (κ2) is 18.9. The maximum absolute atomic E-state index is 7.49. The van der Waals surface area contributed by atoms with E-state index in [0.717, 1.165) is 151 Å². The maximum Gasteiger partial charge on any atom is 0.260 e. The lowest BCUT2D eigenvalue weighted by Crippen LogP contribution is -2.63. The molecule has 2 aromatic heterocycles. The molecule has 15 aromatic rings. The van der Waals surface area contributed by atoms with Crippen LogP contribution in [0.2, 0.25) is 0 Å². The lowest BCUT2D eigenvalue weighted by molar-refractivity contribution is 0.462. The van der Waals surface area contributed by atoms with Gasteiger partial charge in [0.2, 0.25) is 0 Å². The van der Waals surface area contributed by atoms with Gasteiger partial charge in [0.05, 0.1) is 5.69 Å². The second-order valence-electron chi connectivity index (χ2n) is 23.1. The van der Waals surface area contributed by atoms with Crippen LogP contribution in [-0.2, 0) is 0 Å². The quantitative estimate of drug-likeness (QED) is 0.140. The zero-order valence-electron chi connectivity index (χ0n) is 47.3. The molecule has 0 amide bonds. The number of benzene rings is 13. The van der Waals surface area contributed by atoms with Gasteiger partial charge in [-0.2, -0.15) is 0 Å². The van der Waals surface area contributed by atoms with Crippen LogP contribution in [0.25, 0.3) is 43.9 Å². The average Bonchev–Trinajstić information content (AvgIpc) is 1.12. The highest BCUT2D eigenvalue weighted by Crippen LogP contribution is 2.52. The summed E-state index contributed by atoms with van der Waals surface area (Å²) < 4.78 is 29.2. The molecule has 0 fully saturated rings. The summed E-state index contributed by atoms with van der Waals surface area (Å²) in [4.78, 5) is 9.45. The van der Waals surface area contributed by atoms with Crippen molar-refractivity contribution in [3.63, 3.8) is 0 Å². The van der Waals surface area contributed by atoms with E-state index in [4.69, 9.17) is 18.3 Å². The Bertz CT molecular complexity index is 5240. The number of fused-ring (bicyclic) bond motifs is 16. The number of hydrogen-bond donors (Lipinski definition) is 0. The van der Waals surface area contributed by atoms with Crippen molar-refractivity contribution in [3.05, 3.63) is 291 Å². The van der Waals surface area contributed by atoms with E-state index in [9.17, 15) is 0 Å². The van der Waals surface area contributed by atoms with Crippen LogP contribution in [-0.4, -0.2) is 13.4 Å². The van der Waals surface area contributed by atoms with Gasteiger partial charge in [0.15, 0.2) is 16.9 Å². The third kappa shape index (κ3) is 7.17. The predicted molar refractivity (Wildman–Crippen MR) is 362 cm³/mol. The monoisotopic (exact) mass is 1130 g/mol. The van der Waals surface area contributed by atoms with Crippen LogP contribution < -0.4 is 61.9 Å². The van der Waals surface area contributed by atoms with Gasteiger partial charge in [0.1, 0.15) is 28.4 Å². The Morgan fingerprint density at radius 3 is 1.36 bits per heavy atom. The summed E-state index contributed by atoms with van der Waals surface area (Å²) >= 11 is 0. The number of hydrogen-bond acceptors (Lipinski definition) is 8. The van der Waals surface area contributed by atoms with Crippen LogP contribution in [0, 0.1) is 0 Å². The summed E-state index contributed by atoms with van der Waals surface area (Å²) in [6, 6.07) is 103. The molecule has 0 aliphatic carbocycles. The molecule has 0 N–H and O–H groups in total. The average molecular weight is 1130 g/mol. The second-order valence-corrected chi connectivity index (χ2v) is 23.1. The first kappa shape index (κ1) is 48.7. The number of ether oxygens (including phenoxy) is 2. The first-order valence-corrected chi connectivity index (χ1v) is 30.0. The van der Waals surface area contributed by atoms with Crippen molar-refractivity contribution in [1.29, 1.82) is 0 Å². The van der Waals surface area contributed by atoms with Crippen LogP contribution in [0.3, 0.4) is 0 Å².